The molecule has 3 N–H and O–H groups in total. The Bertz CT molecular complexity index is 1850. The number of carbonyl (C=O) groups is 4. The van der Waals surface area contributed by atoms with E-state index in [1.807, 2.05) is 0 Å². The summed E-state index contributed by atoms with van der Waals surface area (Å²) in [6.07, 6.45) is 58.9. The van der Waals surface area contributed by atoms with Gasteiger partial charge in [0.2, 0.25) is 0 Å². The van der Waals surface area contributed by atoms with Crippen molar-refractivity contribution in [1.29, 1.82) is 0 Å². The van der Waals surface area contributed by atoms with Crippen LogP contribution in [0.2, 0.25) is 0 Å². The molecule has 0 aromatic rings. The number of allylic oxidation sites excluding steroid dienone is 4. The molecule has 0 aliphatic rings. The SMILES string of the molecule is CCCC/C=C\CCCCCCCC(=O)OC(COC(=O)CCCCCCC/C=C\CCCCCC)COP(=O)(O)OCC(O)COP(=O)(O)OCC(COC(=O)CCCCCCCCCCCCCCCCC)OC(=O)CCCCCCCCCCCCCCC. The predicted molar refractivity (Wildman–Crippen MR) is 372 cm³/mol. The van der Waals surface area contributed by atoms with E-state index in [0.717, 1.165) is 122 Å². The lowest BCUT2D eigenvalue weighted by Gasteiger charge is -2.21. The molecule has 92 heavy (non-hydrogen) atoms. The van der Waals surface area contributed by atoms with Crippen LogP contribution in [0.15, 0.2) is 24.3 Å². The van der Waals surface area contributed by atoms with Crippen molar-refractivity contribution in [2.75, 3.05) is 39.6 Å². The molecular formula is C73H138O17P2. The number of phosphoric acid groups is 2. The fourth-order valence-corrected chi connectivity index (χ4v) is 12.2. The van der Waals surface area contributed by atoms with Gasteiger partial charge in [-0.2, -0.15) is 0 Å². The summed E-state index contributed by atoms with van der Waals surface area (Å²) in [7, 11) is -9.92. The fraction of sp³-hybridized carbons (Fsp3) is 0.890. The molecule has 0 aromatic heterocycles. The third-order valence-electron chi connectivity index (χ3n) is 16.4. The number of unbranched alkanes of at least 4 members (excludes halogenated alkanes) is 42. The number of hydrogen-bond acceptors (Lipinski definition) is 15. The van der Waals surface area contributed by atoms with Crippen LogP contribution in [0.3, 0.4) is 0 Å². The van der Waals surface area contributed by atoms with E-state index in [2.05, 4.69) is 52.0 Å². The number of aliphatic hydroxyl groups is 1. The monoisotopic (exact) mass is 1350 g/mol. The van der Waals surface area contributed by atoms with Crippen LogP contribution < -0.4 is 0 Å². The summed E-state index contributed by atoms with van der Waals surface area (Å²) < 4.78 is 68.3. The van der Waals surface area contributed by atoms with E-state index in [9.17, 15) is 43.2 Å². The van der Waals surface area contributed by atoms with Crippen molar-refractivity contribution in [3.63, 3.8) is 0 Å². The Morgan fingerprint density at radius 1 is 0.293 bits per heavy atom. The van der Waals surface area contributed by atoms with Gasteiger partial charge in [-0.15, -0.1) is 0 Å². The minimum absolute atomic E-state index is 0.0897. The Labute approximate surface area is 561 Å². The van der Waals surface area contributed by atoms with E-state index in [-0.39, 0.29) is 25.7 Å². The summed E-state index contributed by atoms with van der Waals surface area (Å²) in [6, 6.07) is 0. The zero-order chi connectivity index (χ0) is 67.5. The van der Waals surface area contributed by atoms with Crippen molar-refractivity contribution < 1.29 is 80.2 Å². The first kappa shape index (κ1) is 89.5. The van der Waals surface area contributed by atoms with Crippen LogP contribution in [0, 0.1) is 0 Å². The molecule has 17 nitrogen and oxygen atoms in total. The largest absolute Gasteiger partial charge is 0.472 e. The van der Waals surface area contributed by atoms with Gasteiger partial charge in [-0.3, -0.25) is 37.3 Å². The minimum atomic E-state index is -4.96. The molecule has 0 fully saturated rings. The highest BCUT2D eigenvalue weighted by Crippen LogP contribution is 2.45. The number of carbonyl (C=O) groups excluding carboxylic acids is 4. The van der Waals surface area contributed by atoms with Crippen molar-refractivity contribution in [2.24, 2.45) is 0 Å². The van der Waals surface area contributed by atoms with Crippen LogP contribution >= 0.6 is 15.6 Å². The summed E-state index contributed by atoms with van der Waals surface area (Å²) in [6.45, 7) is 4.87. The Morgan fingerprint density at radius 2 is 0.511 bits per heavy atom. The van der Waals surface area contributed by atoms with E-state index < -0.39 is 97.5 Å². The van der Waals surface area contributed by atoms with Gasteiger partial charge in [-0.1, -0.05) is 290 Å². The number of esters is 4. The summed E-state index contributed by atoms with van der Waals surface area (Å²) in [5.41, 5.74) is 0. The molecular weight excluding hydrogens is 1210 g/mol. The van der Waals surface area contributed by atoms with Crippen LogP contribution in [0.25, 0.3) is 0 Å². The molecule has 0 bridgehead atoms. The number of ether oxygens (including phenoxy) is 4. The van der Waals surface area contributed by atoms with E-state index in [1.54, 1.807) is 0 Å². The number of aliphatic hydroxyl groups excluding tert-OH is 1. The number of rotatable bonds is 72. The fourth-order valence-electron chi connectivity index (χ4n) is 10.6. The maximum Gasteiger partial charge on any atom is 0.472 e. The Hall–Kier alpha value is -2.46. The average molecular weight is 1350 g/mol. The zero-order valence-corrected chi connectivity index (χ0v) is 60.8. The van der Waals surface area contributed by atoms with Crippen LogP contribution in [-0.4, -0.2) is 96.7 Å². The minimum Gasteiger partial charge on any atom is -0.462 e. The van der Waals surface area contributed by atoms with Gasteiger partial charge in [0.15, 0.2) is 12.2 Å². The molecule has 0 aliphatic carbocycles. The van der Waals surface area contributed by atoms with Crippen molar-refractivity contribution in [3.8, 4) is 0 Å². The van der Waals surface area contributed by atoms with Crippen LogP contribution in [0.5, 0.6) is 0 Å². The van der Waals surface area contributed by atoms with E-state index >= 15 is 0 Å². The lowest BCUT2D eigenvalue weighted by Crippen LogP contribution is -2.30. The van der Waals surface area contributed by atoms with E-state index in [4.69, 9.17) is 37.0 Å². The second kappa shape index (κ2) is 67.1. The van der Waals surface area contributed by atoms with Gasteiger partial charge in [0.05, 0.1) is 26.4 Å². The standard InChI is InChI=1S/C73H138O17P2/c1-5-9-13-17-21-25-29-32-33-36-39-42-46-50-54-58-71(76)84-64-69(90-73(78)60-56-52-48-44-40-35-31-27-23-19-15-11-7-3)66-88-92(81,82)86-62-67(74)61-85-91(79,80)87-65-68(89-72(77)59-55-51-47-43-37-28-24-20-16-12-8-4)63-83-70(75)57-53-49-45-41-38-34-30-26-22-18-14-10-6-2/h20,24,26,30,67-69,74H,5-19,21-23,25,27-29,31-66H2,1-4H3,(H,79,80)(H,81,82)/b24-20-,30-26-. The first-order valence-electron chi connectivity index (χ1n) is 37.6. The van der Waals surface area contributed by atoms with Crippen LogP contribution in [0.1, 0.15) is 362 Å². The number of phosphoric ester groups is 2. The van der Waals surface area contributed by atoms with Crippen molar-refractivity contribution >= 4 is 39.5 Å². The lowest BCUT2D eigenvalue weighted by molar-refractivity contribution is -0.161. The Morgan fingerprint density at radius 3 is 0.793 bits per heavy atom. The maximum atomic E-state index is 13.0. The van der Waals surface area contributed by atoms with Crippen molar-refractivity contribution in [3.05, 3.63) is 24.3 Å². The second-order valence-corrected chi connectivity index (χ2v) is 28.5. The van der Waals surface area contributed by atoms with E-state index in [0.29, 0.717) is 25.7 Å². The van der Waals surface area contributed by atoms with Crippen molar-refractivity contribution in [2.45, 2.75) is 380 Å². The van der Waals surface area contributed by atoms with Gasteiger partial charge in [-0.25, -0.2) is 9.13 Å². The summed E-state index contributed by atoms with van der Waals surface area (Å²) in [5, 5.41) is 10.6. The summed E-state index contributed by atoms with van der Waals surface area (Å²) in [5.74, 6) is -2.15. The van der Waals surface area contributed by atoms with Gasteiger partial charge in [0.1, 0.15) is 19.3 Å². The molecule has 5 atom stereocenters. The molecule has 0 aliphatic heterocycles. The third-order valence-corrected chi connectivity index (χ3v) is 18.3. The Kier molecular flexibility index (Phi) is 65.3. The lowest BCUT2D eigenvalue weighted by atomic mass is 10.0. The summed E-state index contributed by atoms with van der Waals surface area (Å²) >= 11 is 0. The molecule has 0 spiro atoms. The molecule has 5 unspecified atom stereocenters. The molecule has 0 saturated carbocycles. The molecule has 542 valence electrons. The quantitative estimate of drug-likeness (QED) is 0.0169. The molecule has 0 aromatic carbocycles. The second-order valence-electron chi connectivity index (χ2n) is 25.6. The highest BCUT2D eigenvalue weighted by Gasteiger charge is 2.30. The van der Waals surface area contributed by atoms with Gasteiger partial charge >= 0.3 is 39.5 Å². The van der Waals surface area contributed by atoms with Crippen molar-refractivity contribution in [1.82, 2.24) is 0 Å². The number of hydrogen-bond donors (Lipinski definition) is 3. The molecule has 0 radical (unpaired) electrons. The van der Waals surface area contributed by atoms with Gasteiger partial charge in [-0.05, 0) is 70.6 Å². The molecule has 0 saturated heterocycles. The first-order valence-corrected chi connectivity index (χ1v) is 40.6. The maximum absolute atomic E-state index is 13.0. The molecule has 0 rings (SSSR count). The molecule has 19 heteroatoms. The smallest absolute Gasteiger partial charge is 0.462 e. The molecule has 0 heterocycles. The first-order chi connectivity index (χ1) is 44.7. The van der Waals surface area contributed by atoms with E-state index in [1.165, 1.54) is 161 Å². The van der Waals surface area contributed by atoms with Gasteiger partial charge in [0.25, 0.3) is 0 Å². The highest BCUT2D eigenvalue weighted by atomic mass is 31.2. The van der Waals surface area contributed by atoms with Crippen LogP contribution in [0.4, 0.5) is 0 Å². The topological polar surface area (TPSA) is 237 Å². The average Bonchev–Trinajstić information content (AvgIpc) is 3.58. The Balaban J connectivity index is 5.27. The summed E-state index contributed by atoms with van der Waals surface area (Å²) in [4.78, 5) is 72.6. The predicted octanol–water partition coefficient (Wildman–Crippen LogP) is 21.0. The highest BCUT2D eigenvalue weighted by molar-refractivity contribution is 7.47. The zero-order valence-electron chi connectivity index (χ0n) is 59.0. The van der Waals surface area contributed by atoms with Crippen LogP contribution in [-0.2, 0) is 65.4 Å². The van der Waals surface area contributed by atoms with Gasteiger partial charge < -0.3 is 33.8 Å². The normalized spacial score (nSPS) is 14.1. The third kappa shape index (κ3) is 66.2. The van der Waals surface area contributed by atoms with Gasteiger partial charge in [0, 0.05) is 25.7 Å². The molecule has 0 amide bonds.